The van der Waals surface area contributed by atoms with Crippen LogP contribution in [0.2, 0.25) is 0 Å². The van der Waals surface area contributed by atoms with Crippen molar-refractivity contribution in [3.8, 4) is 5.75 Å². The average Bonchev–Trinajstić information content (AvgIpc) is 2.59. The lowest BCUT2D eigenvalue weighted by molar-refractivity contribution is -0.135. The van der Waals surface area contributed by atoms with Gasteiger partial charge in [-0.05, 0) is 37.1 Å². The highest BCUT2D eigenvalue weighted by molar-refractivity contribution is 5.88. The summed E-state index contributed by atoms with van der Waals surface area (Å²) < 4.78 is 5.81. The molecule has 0 aromatic heterocycles. The predicted molar refractivity (Wildman–Crippen MR) is 92.4 cm³/mol. The van der Waals surface area contributed by atoms with Crippen LogP contribution < -0.4 is 10.5 Å². The number of ether oxygens (including phenoxy) is 1. The molecule has 23 heavy (non-hydrogen) atoms. The fourth-order valence-corrected chi connectivity index (χ4v) is 3.22. The van der Waals surface area contributed by atoms with E-state index in [4.69, 9.17) is 10.5 Å². The van der Waals surface area contributed by atoms with Crippen LogP contribution in [0.5, 0.6) is 5.75 Å². The molecule has 1 amide bonds. The van der Waals surface area contributed by atoms with Crippen LogP contribution in [0.3, 0.4) is 0 Å². The molecule has 0 aliphatic carbocycles. The first kappa shape index (κ1) is 15.8. The van der Waals surface area contributed by atoms with E-state index in [0.29, 0.717) is 5.92 Å². The van der Waals surface area contributed by atoms with E-state index in [1.54, 1.807) is 0 Å². The van der Waals surface area contributed by atoms with Gasteiger partial charge in [0.05, 0.1) is 0 Å². The summed E-state index contributed by atoms with van der Waals surface area (Å²) in [7, 11) is 0. The van der Waals surface area contributed by atoms with Crippen LogP contribution in [0, 0.1) is 5.92 Å². The molecule has 1 fully saturated rings. The van der Waals surface area contributed by atoms with Crippen LogP contribution in [0.4, 0.5) is 0 Å². The fraction of sp³-hybridized carbons (Fsp3) is 0.421. The van der Waals surface area contributed by atoms with Crippen molar-refractivity contribution in [2.24, 2.45) is 11.7 Å². The number of benzene rings is 2. The molecule has 122 valence electrons. The normalized spacial score (nSPS) is 19.6. The van der Waals surface area contributed by atoms with Crippen molar-refractivity contribution < 1.29 is 9.53 Å². The van der Waals surface area contributed by atoms with Gasteiger partial charge in [0.25, 0.3) is 5.91 Å². The number of piperidine rings is 1. The topological polar surface area (TPSA) is 55.6 Å². The zero-order valence-corrected chi connectivity index (χ0v) is 13.6. The Bertz CT molecular complexity index is 679. The fourth-order valence-electron chi connectivity index (χ4n) is 3.22. The second-order valence-corrected chi connectivity index (χ2v) is 6.37. The Morgan fingerprint density at radius 3 is 2.91 bits per heavy atom. The minimum atomic E-state index is 0.0447. The summed E-state index contributed by atoms with van der Waals surface area (Å²) in [5.74, 6) is 1.20. The molecule has 0 radical (unpaired) electrons. The molecule has 1 aliphatic rings. The summed E-state index contributed by atoms with van der Waals surface area (Å²) >= 11 is 0. The van der Waals surface area contributed by atoms with Gasteiger partial charge in [0.15, 0.2) is 6.61 Å². The van der Waals surface area contributed by atoms with E-state index in [0.717, 1.165) is 42.5 Å². The largest absolute Gasteiger partial charge is 0.483 e. The monoisotopic (exact) mass is 312 g/mol. The van der Waals surface area contributed by atoms with E-state index in [-0.39, 0.29) is 18.6 Å². The second-order valence-electron chi connectivity index (χ2n) is 6.37. The Kier molecular flexibility index (Phi) is 4.82. The Morgan fingerprint density at radius 2 is 2.09 bits per heavy atom. The maximum Gasteiger partial charge on any atom is 0.260 e. The van der Waals surface area contributed by atoms with E-state index >= 15 is 0 Å². The van der Waals surface area contributed by atoms with Crippen LogP contribution in [0.15, 0.2) is 42.5 Å². The van der Waals surface area contributed by atoms with Crippen LogP contribution in [0.25, 0.3) is 10.8 Å². The van der Waals surface area contributed by atoms with Crippen molar-refractivity contribution in [1.29, 1.82) is 0 Å². The number of carbonyl (C=O) groups is 1. The minimum absolute atomic E-state index is 0.0447. The molecule has 4 nitrogen and oxygen atoms in total. The number of carbonyl (C=O) groups excluding carboxylic acids is 1. The third-order valence-corrected chi connectivity index (χ3v) is 4.65. The van der Waals surface area contributed by atoms with Gasteiger partial charge in [-0.25, -0.2) is 0 Å². The summed E-state index contributed by atoms with van der Waals surface area (Å²) in [5.41, 5.74) is 5.99. The van der Waals surface area contributed by atoms with E-state index in [1.807, 2.05) is 54.3 Å². The predicted octanol–water partition coefficient (Wildman–Crippen LogP) is 2.80. The third-order valence-electron chi connectivity index (χ3n) is 4.65. The average molecular weight is 312 g/mol. The molecular formula is C19H24N2O2. The molecule has 0 bridgehead atoms. The number of nitrogens with zero attached hydrogens (tertiary/aromatic N) is 1. The summed E-state index contributed by atoms with van der Waals surface area (Å²) in [6.07, 6.45) is 2.12. The van der Waals surface area contributed by atoms with Crippen molar-refractivity contribution in [3.63, 3.8) is 0 Å². The number of hydrogen-bond acceptors (Lipinski definition) is 3. The Hall–Kier alpha value is -2.07. The molecule has 1 aliphatic heterocycles. The molecule has 0 spiro atoms. The molecule has 0 saturated carbocycles. The number of likely N-dealkylation sites (tertiary alicyclic amines) is 1. The van der Waals surface area contributed by atoms with Gasteiger partial charge in [0.1, 0.15) is 5.75 Å². The standard InChI is InChI=1S/C19H24N2O2/c1-14(20)16-8-5-11-21(12-16)19(22)13-23-18-10-4-7-15-6-2-3-9-17(15)18/h2-4,6-7,9-10,14,16H,5,8,11-13,20H2,1H3. The van der Waals surface area contributed by atoms with Gasteiger partial charge in [0.2, 0.25) is 0 Å². The first-order valence-corrected chi connectivity index (χ1v) is 8.29. The maximum atomic E-state index is 12.4. The number of amides is 1. The molecule has 1 heterocycles. The molecule has 3 rings (SSSR count). The lowest BCUT2D eigenvalue weighted by Crippen LogP contribution is -2.46. The third kappa shape index (κ3) is 3.64. The quantitative estimate of drug-likeness (QED) is 0.944. The van der Waals surface area contributed by atoms with Crippen molar-refractivity contribution in [2.45, 2.75) is 25.8 Å². The molecule has 2 atom stereocenters. The Balaban J connectivity index is 1.64. The highest BCUT2D eigenvalue weighted by Gasteiger charge is 2.26. The van der Waals surface area contributed by atoms with Crippen molar-refractivity contribution >= 4 is 16.7 Å². The maximum absolute atomic E-state index is 12.4. The summed E-state index contributed by atoms with van der Waals surface area (Å²) in [5, 5.41) is 2.15. The van der Waals surface area contributed by atoms with Gasteiger partial charge in [-0.2, -0.15) is 0 Å². The molecule has 2 aromatic carbocycles. The zero-order chi connectivity index (χ0) is 16.2. The molecule has 4 heteroatoms. The highest BCUT2D eigenvalue weighted by Crippen LogP contribution is 2.25. The minimum Gasteiger partial charge on any atom is -0.483 e. The highest BCUT2D eigenvalue weighted by atomic mass is 16.5. The van der Waals surface area contributed by atoms with Gasteiger partial charge in [-0.1, -0.05) is 36.4 Å². The lowest BCUT2D eigenvalue weighted by Gasteiger charge is -2.34. The van der Waals surface area contributed by atoms with Crippen molar-refractivity contribution in [3.05, 3.63) is 42.5 Å². The van der Waals surface area contributed by atoms with Crippen LogP contribution >= 0.6 is 0 Å². The number of nitrogens with two attached hydrogens (primary N) is 1. The number of rotatable bonds is 4. The van der Waals surface area contributed by atoms with E-state index < -0.39 is 0 Å². The molecule has 2 aromatic rings. The Labute approximate surface area is 137 Å². The van der Waals surface area contributed by atoms with Crippen molar-refractivity contribution in [1.82, 2.24) is 4.90 Å². The molecule has 2 N–H and O–H groups in total. The van der Waals surface area contributed by atoms with Gasteiger partial charge >= 0.3 is 0 Å². The first-order valence-electron chi connectivity index (χ1n) is 8.29. The summed E-state index contributed by atoms with van der Waals surface area (Å²) in [4.78, 5) is 14.3. The van der Waals surface area contributed by atoms with E-state index in [9.17, 15) is 4.79 Å². The smallest absolute Gasteiger partial charge is 0.260 e. The second kappa shape index (κ2) is 7.01. The SMILES string of the molecule is CC(N)C1CCCN(C(=O)COc2cccc3ccccc23)C1. The summed E-state index contributed by atoms with van der Waals surface area (Å²) in [6.45, 7) is 3.65. The lowest BCUT2D eigenvalue weighted by atomic mass is 9.92. The van der Waals surface area contributed by atoms with Gasteiger partial charge in [0, 0.05) is 24.5 Å². The van der Waals surface area contributed by atoms with Gasteiger partial charge in [-0.15, -0.1) is 0 Å². The van der Waals surface area contributed by atoms with Gasteiger partial charge < -0.3 is 15.4 Å². The molecule has 1 saturated heterocycles. The Morgan fingerprint density at radius 1 is 1.30 bits per heavy atom. The first-order chi connectivity index (χ1) is 11.1. The van der Waals surface area contributed by atoms with Crippen molar-refractivity contribution in [2.75, 3.05) is 19.7 Å². The number of hydrogen-bond donors (Lipinski definition) is 1. The van der Waals surface area contributed by atoms with Crippen LogP contribution in [-0.2, 0) is 4.79 Å². The van der Waals surface area contributed by atoms with Crippen LogP contribution in [0.1, 0.15) is 19.8 Å². The van der Waals surface area contributed by atoms with Gasteiger partial charge in [-0.3, -0.25) is 4.79 Å². The van der Waals surface area contributed by atoms with Crippen LogP contribution in [-0.4, -0.2) is 36.5 Å². The number of fused-ring (bicyclic) bond motifs is 1. The zero-order valence-electron chi connectivity index (χ0n) is 13.6. The molecule has 2 unspecified atom stereocenters. The van der Waals surface area contributed by atoms with E-state index in [1.165, 1.54) is 0 Å². The van der Waals surface area contributed by atoms with E-state index in [2.05, 4.69) is 0 Å². The summed E-state index contributed by atoms with van der Waals surface area (Å²) in [6, 6.07) is 14.1. The molecular weight excluding hydrogens is 288 g/mol.